The van der Waals surface area contributed by atoms with E-state index in [0.29, 0.717) is 0 Å². The number of thiophene rings is 1. The third kappa shape index (κ3) is 3.23. The molecule has 0 N–H and O–H groups in total. The quantitative estimate of drug-likeness (QED) is 0.173. The Kier molecular flexibility index (Phi) is 5.34. The lowest BCUT2D eigenvalue weighted by Crippen LogP contribution is -2.43. The Balaban J connectivity index is 1.24. The standard InChI is InChI=1S/C50H30S/c1-2-14-32(15-3-1)49-40-22-7-5-17-35(40)38-20-13-26-44(47(38)49)50(43-25-10-9-24-42(43)49)41-23-8-4-16-34(41)36-29-28-31(30-45(36)50)33-19-12-21-39-37-18-6-11-27-46(37)51-48(33)39/h1-30H. The van der Waals surface area contributed by atoms with Gasteiger partial charge in [-0.05, 0) is 90.0 Å². The first-order chi connectivity index (χ1) is 25.3. The number of benzene rings is 8. The van der Waals surface area contributed by atoms with Gasteiger partial charge in [-0.2, -0.15) is 0 Å². The second-order valence-corrected chi connectivity index (χ2v) is 15.3. The van der Waals surface area contributed by atoms with Gasteiger partial charge in [-0.3, -0.25) is 0 Å². The minimum Gasteiger partial charge on any atom is -0.135 e. The minimum atomic E-state index is -0.488. The van der Waals surface area contributed by atoms with Crippen molar-refractivity contribution in [3.8, 4) is 33.4 Å². The summed E-state index contributed by atoms with van der Waals surface area (Å²) in [6, 6.07) is 69.1. The van der Waals surface area contributed by atoms with Gasteiger partial charge in [-0.25, -0.2) is 0 Å². The number of hydrogen-bond donors (Lipinski definition) is 0. The molecule has 1 heterocycles. The van der Waals surface area contributed by atoms with E-state index in [2.05, 4.69) is 182 Å². The first-order valence-electron chi connectivity index (χ1n) is 17.9. The highest BCUT2D eigenvalue weighted by atomic mass is 32.1. The first kappa shape index (κ1) is 27.8. The lowest BCUT2D eigenvalue weighted by atomic mass is 9.52. The zero-order valence-corrected chi connectivity index (χ0v) is 28.5. The van der Waals surface area contributed by atoms with Crippen LogP contribution < -0.4 is 0 Å². The van der Waals surface area contributed by atoms with Gasteiger partial charge in [0.05, 0.1) is 10.8 Å². The summed E-state index contributed by atoms with van der Waals surface area (Å²) in [6.45, 7) is 0. The van der Waals surface area contributed by atoms with Crippen molar-refractivity contribution >= 4 is 31.5 Å². The summed E-state index contributed by atoms with van der Waals surface area (Å²) in [7, 11) is 0. The second-order valence-electron chi connectivity index (χ2n) is 14.3. The van der Waals surface area contributed by atoms with Gasteiger partial charge in [-0.15, -0.1) is 11.3 Å². The van der Waals surface area contributed by atoms with Crippen molar-refractivity contribution in [2.45, 2.75) is 10.8 Å². The molecule has 0 bridgehead atoms. The van der Waals surface area contributed by atoms with Gasteiger partial charge in [0.25, 0.3) is 0 Å². The molecule has 1 aromatic heterocycles. The lowest BCUT2D eigenvalue weighted by molar-refractivity contribution is 0.636. The number of hydrogen-bond acceptors (Lipinski definition) is 1. The third-order valence-electron chi connectivity index (χ3n) is 12.2. The topological polar surface area (TPSA) is 0 Å². The average Bonchev–Trinajstić information content (AvgIpc) is 3.83. The van der Waals surface area contributed by atoms with E-state index in [-0.39, 0.29) is 0 Å². The van der Waals surface area contributed by atoms with Gasteiger partial charge in [-0.1, -0.05) is 170 Å². The maximum absolute atomic E-state index is 2.54. The van der Waals surface area contributed by atoms with E-state index in [0.717, 1.165) is 0 Å². The van der Waals surface area contributed by atoms with Crippen LogP contribution in [0, 0.1) is 0 Å². The van der Waals surface area contributed by atoms with Crippen LogP contribution in [0.15, 0.2) is 182 Å². The summed E-state index contributed by atoms with van der Waals surface area (Å²) in [5, 5.41) is 2.67. The Morgan fingerprint density at radius 3 is 1.71 bits per heavy atom. The largest absolute Gasteiger partial charge is 0.135 e. The van der Waals surface area contributed by atoms with E-state index >= 15 is 0 Å². The molecule has 0 amide bonds. The summed E-state index contributed by atoms with van der Waals surface area (Å²) in [6.07, 6.45) is 0. The molecule has 236 valence electrons. The monoisotopic (exact) mass is 662 g/mol. The molecule has 0 aliphatic heterocycles. The summed E-state index contributed by atoms with van der Waals surface area (Å²) in [5.41, 5.74) is 18.0. The summed E-state index contributed by atoms with van der Waals surface area (Å²) < 4.78 is 2.69. The summed E-state index contributed by atoms with van der Waals surface area (Å²) >= 11 is 1.91. The van der Waals surface area contributed by atoms with Gasteiger partial charge in [0, 0.05) is 20.2 Å². The average molecular weight is 663 g/mol. The normalized spacial score (nSPS) is 18.7. The Morgan fingerprint density at radius 2 is 0.882 bits per heavy atom. The molecule has 0 nitrogen and oxygen atoms in total. The molecule has 9 aromatic rings. The van der Waals surface area contributed by atoms with Crippen LogP contribution in [0.2, 0.25) is 0 Å². The first-order valence-corrected chi connectivity index (χ1v) is 18.7. The molecular weight excluding hydrogens is 633 g/mol. The molecule has 0 saturated carbocycles. The van der Waals surface area contributed by atoms with Crippen molar-refractivity contribution in [3.63, 3.8) is 0 Å². The van der Waals surface area contributed by atoms with Crippen LogP contribution in [0.4, 0.5) is 0 Å². The molecule has 12 rings (SSSR count). The molecule has 1 heteroatoms. The lowest BCUT2D eigenvalue weighted by Gasteiger charge is -2.48. The van der Waals surface area contributed by atoms with Gasteiger partial charge in [0.1, 0.15) is 0 Å². The Hall–Kier alpha value is -6.02. The van der Waals surface area contributed by atoms with Gasteiger partial charge < -0.3 is 0 Å². The van der Waals surface area contributed by atoms with Crippen molar-refractivity contribution < 1.29 is 0 Å². The molecule has 3 aliphatic rings. The highest BCUT2D eigenvalue weighted by molar-refractivity contribution is 7.26. The minimum absolute atomic E-state index is 0.427. The van der Waals surface area contributed by atoms with E-state index in [4.69, 9.17) is 0 Å². The highest BCUT2D eigenvalue weighted by Gasteiger charge is 2.59. The molecule has 1 spiro atoms. The van der Waals surface area contributed by atoms with Crippen molar-refractivity contribution in [1.29, 1.82) is 0 Å². The van der Waals surface area contributed by atoms with Crippen molar-refractivity contribution in [3.05, 3.63) is 226 Å². The molecule has 2 atom stereocenters. The fourth-order valence-electron chi connectivity index (χ4n) is 10.4. The number of rotatable bonds is 2. The maximum Gasteiger partial charge on any atom is 0.0720 e. The zero-order valence-electron chi connectivity index (χ0n) is 27.7. The van der Waals surface area contributed by atoms with Crippen LogP contribution in [0.3, 0.4) is 0 Å². The second kappa shape index (κ2) is 9.82. The molecule has 8 aromatic carbocycles. The third-order valence-corrected chi connectivity index (χ3v) is 13.4. The molecule has 0 fully saturated rings. The van der Waals surface area contributed by atoms with Crippen LogP contribution in [-0.4, -0.2) is 0 Å². The predicted octanol–water partition coefficient (Wildman–Crippen LogP) is 12.8. The van der Waals surface area contributed by atoms with Crippen LogP contribution in [0.5, 0.6) is 0 Å². The molecule has 0 radical (unpaired) electrons. The molecule has 3 aliphatic carbocycles. The molecule has 2 unspecified atom stereocenters. The van der Waals surface area contributed by atoms with Crippen molar-refractivity contribution in [1.82, 2.24) is 0 Å². The molecule has 51 heavy (non-hydrogen) atoms. The Bertz CT molecular complexity index is 2930. The Morgan fingerprint density at radius 1 is 0.333 bits per heavy atom. The maximum atomic E-state index is 2.54. The van der Waals surface area contributed by atoms with Gasteiger partial charge in [0.15, 0.2) is 0 Å². The summed E-state index contributed by atoms with van der Waals surface area (Å²) in [5.74, 6) is 0. The van der Waals surface area contributed by atoms with E-state index in [1.807, 2.05) is 11.3 Å². The fraction of sp³-hybridized carbons (Fsp3) is 0.0400. The van der Waals surface area contributed by atoms with Crippen LogP contribution >= 0.6 is 11.3 Å². The van der Waals surface area contributed by atoms with Gasteiger partial charge >= 0.3 is 0 Å². The van der Waals surface area contributed by atoms with Crippen LogP contribution in [0.1, 0.15) is 44.5 Å². The summed E-state index contributed by atoms with van der Waals surface area (Å²) in [4.78, 5) is 0. The Labute approximate surface area is 300 Å². The van der Waals surface area contributed by atoms with E-state index < -0.39 is 10.8 Å². The SMILES string of the molecule is c1ccc(C23c4ccccc4-c4cccc(c42)C2(c4ccccc4-c4ccc(-c5cccc6c5sc5ccccc56)cc42)c2ccccc23)cc1. The predicted molar refractivity (Wildman–Crippen MR) is 213 cm³/mol. The van der Waals surface area contributed by atoms with Crippen molar-refractivity contribution in [2.24, 2.45) is 0 Å². The van der Waals surface area contributed by atoms with E-state index in [9.17, 15) is 0 Å². The molecule has 0 saturated heterocycles. The van der Waals surface area contributed by atoms with Crippen LogP contribution in [0.25, 0.3) is 53.6 Å². The number of fused-ring (bicyclic) bond motifs is 15. The van der Waals surface area contributed by atoms with Crippen LogP contribution in [-0.2, 0) is 10.8 Å². The van der Waals surface area contributed by atoms with Crippen molar-refractivity contribution in [2.75, 3.05) is 0 Å². The van der Waals surface area contributed by atoms with E-state index in [1.165, 1.54) is 98.1 Å². The van der Waals surface area contributed by atoms with Gasteiger partial charge in [0.2, 0.25) is 0 Å². The van der Waals surface area contributed by atoms with E-state index in [1.54, 1.807) is 0 Å². The zero-order chi connectivity index (χ0) is 33.3. The highest BCUT2D eigenvalue weighted by Crippen LogP contribution is 2.68. The smallest absolute Gasteiger partial charge is 0.0720 e. The molecular formula is C50H30S. The fourth-order valence-corrected chi connectivity index (χ4v) is 11.6.